The van der Waals surface area contributed by atoms with Crippen LogP contribution in [0.15, 0.2) is 176 Å². The summed E-state index contributed by atoms with van der Waals surface area (Å²) in [7, 11) is 0. The van der Waals surface area contributed by atoms with Crippen molar-refractivity contribution in [1.82, 2.24) is 15.0 Å². The summed E-state index contributed by atoms with van der Waals surface area (Å²) >= 11 is 1.92. The molecular formula is C48H29N3S. The highest BCUT2D eigenvalue weighted by Crippen LogP contribution is 2.66. The quantitative estimate of drug-likeness (QED) is 0.186. The van der Waals surface area contributed by atoms with E-state index in [0.717, 1.165) is 22.3 Å². The molecule has 0 saturated carbocycles. The second-order valence-electron chi connectivity index (χ2n) is 13.5. The van der Waals surface area contributed by atoms with E-state index in [1.54, 1.807) is 0 Å². The molecule has 7 aromatic carbocycles. The van der Waals surface area contributed by atoms with E-state index < -0.39 is 5.41 Å². The van der Waals surface area contributed by atoms with Crippen molar-refractivity contribution in [2.45, 2.75) is 5.41 Å². The number of rotatable bonds is 4. The van der Waals surface area contributed by atoms with Crippen LogP contribution in [-0.2, 0) is 5.41 Å². The van der Waals surface area contributed by atoms with Gasteiger partial charge in [0.25, 0.3) is 0 Å². The molecule has 1 spiro atoms. The van der Waals surface area contributed by atoms with Gasteiger partial charge in [-0.3, -0.25) is 0 Å². The third kappa shape index (κ3) is 4.10. The highest BCUT2D eigenvalue weighted by Gasteiger charge is 2.53. The molecule has 0 aliphatic heterocycles. The van der Waals surface area contributed by atoms with Crippen molar-refractivity contribution < 1.29 is 0 Å². The normalized spacial score (nSPS) is 15.0. The Balaban J connectivity index is 1.14. The Kier molecular flexibility index (Phi) is 6.34. The lowest BCUT2D eigenvalue weighted by Gasteiger charge is -2.30. The molecule has 2 aliphatic carbocycles. The average molecular weight is 680 g/mol. The number of benzene rings is 7. The zero-order valence-electron chi connectivity index (χ0n) is 28.0. The van der Waals surface area contributed by atoms with Crippen molar-refractivity contribution in [3.63, 3.8) is 0 Å². The maximum atomic E-state index is 5.05. The van der Waals surface area contributed by atoms with E-state index in [-0.39, 0.29) is 0 Å². The standard InChI is InChI=1S/C48H29N3S/c1-3-15-30(16-4-1)45-49-46(31-17-5-2-6-18-31)51-47(50-45)33-20-13-19-32(29-33)34-24-14-27-40-42(34)35-21-7-10-25-38(35)48(40)39-26-11-8-22-36(39)44-43(48)37-23-9-12-28-41(37)52-44/h1-29H. The van der Waals surface area contributed by atoms with Crippen LogP contribution in [0.25, 0.3) is 76.9 Å². The third-order valence-corrected chi connectivity index (χ3v) is 12.0. The van der Waals surface area contributed by atoms with E-state index >= 15 is 0 Å². The Morgan fingerprint density at radius 1 is 0.385 bits per heavy atom. The summed E-state index contributed by atoms with van der Waals surface area (Å²) in [5.41, 5.74) is 14.2. The number of fused-ring (bicyclic) bond motifs is 12. The van der Waals surface area contributed by atoms with Crippen molar-refractivity contribution in [1.29, 1.82) is 0 Å². The van der Waals surface area contributed by atoms with Crippen LogP contribution < -0.4 is 0 Å². The van der Waals surface area contributed by atoms with Crippen LogP contribution in [0.1, 0.15) is 22.3 Å². The lowest BCUT2D eigenvalue weighted by molar-refractivity contribution is 0.803. The van der Waals surface area contributed by atoms with Gasteiger partial charge < -0.3 is 0 Å². The van der Waals surface area contributed by atoms with Crippen molar-refractivity contribution in [2.75, 3.05) is 0 Å². The van der Waals surface area contributed by atoms with E-state index in [1.165, 1.54) is 59.5 Å². The Morgan fingerprint density at radius 3 is 1.62 bits per heavy atom. The Labute approximate surface area is 305 Å². The van der Waals surface area contributed by atoms with Crippen LogP contribution in [-0.4, -0.2) is 15.0 Å². The number of hydrogen-bond donors (Lipinski definition) is 0. The molecule has 0 amide bonds. The number of aromatic nitrogens is 3. The molecule has 0 saturated heterocycles. The van der Waals surface area contributed by atoms with Gasteiger partial charge in [0.2, 0.25) is 0 Å². The van der Waals surface area contributed by atoms with Gasteiger partial charge in [0.05, 0.1) is 5.41 Å². The molecule has 52 heavy (non-hydrogen) atoms. The van der Waals surface area contributed by atoms with Crippen LogP contribution in [0.3, 0.4) is 0 Å². The highest BCUT2D eigenvalue weighted by atomic mass is 32.1. The predicted octanol–water partition coefficient (Wildman–Crippen LogP) is 12.1. The van der Waals surface area contributed by atoms with E-state index in [0.29, 0.717) is 17.5 Å². The summed E-state index contributed by atoms with van der Waals surface area (Å²) in [6, 6.07) is 62.9. The van der Waals surface area contributed by atoms with E-state index in [4.69, 9.17) is 15.0 Å². The van der Waals surface area contributed by atoms with Crippen molar-refractivity contribution in [2.24, 2.45) is 0 Å². The number of thiophene rings is 1. The Morgan fingerprint density at radius 2 is 0.885 bits per heavy atom. The zero-order chi connectivity index (χ0) is 34.2. The molecule has 2 heterocycles. The van der Waals surface area contributed by atoms with E-state index in [1.807, 2.05) is 72.0 Å². The monoisotopic (exact) mass is 679 g/mol. The minimum absolute atomic E-state index is 0.408. The summed E-state index contributed by atoms with van der Waals surface area (Å²) in [5.74, 6) is 1.97. The van der Waals surface area contributed by atoms with Gasteiger partial charge in [0, 0.05) is 26.3 Å². The summed E-state index contributed by atoms with van der Waals surface area (Å²) in [6.07, 6.45) is 0. The molecule has 0 fully saturated rings. The van der Waals surface area contributed by atoms with Crippen LogP contribution in [0.4, 0.5) is 0 Å². The van der Waals surface area contributed by atoms with Gasteiger partial charge in [-0.15, -0.1) is 11.3 Å². The SMILES string of the molecule is c1ccc(-c2nc(-c3ccccc3)nc(-c3cccc(-c4cccc5c4-c4ccccc4C54c5ccccc5-c5sc6ccccc6c54)c3)n2)cc1. The molecule has 9 aromatic rings. The van der Waals surface area contributed by atoms with Crippen molar-refractivity contribution >= 4 is 21.4 Å². The molecule has 4 heteroatoms. The molecule has 1 atom stereocenters. The van der Waals surface area contributed by atoms with E-state index in [9.17, 15) is 0 Å². The lowest BCUT2D eigenvalue weighted by Crippen LogP contribution is -2.25. The summed E-state index contributed by atoms with van der Waals surface area (Å²) in [5, 5.41) is 1.34. The second kappa shape index (κ2) is 11.3. The summed E-state index contributed by atoms with van der Waals surface area (Å²) < 4.78 is 1.33. The lowest BCUT2D eigenvalue weighted by atomic mass is 9.70. The van der Waals surface area contributed by atoms with Gasteiger partial charge in [0.15, 0.2) is 17.5 Å². The van der Waals surface area contributed by atoms with Gasteiger partial charge in [-0.2, -0.15) is 0 Å². The fourth-order valence-electron chi connectivity index (χ4n) is 8.64. The molecule has 242 valence electrons. The van der Waals surface area contributed by atoms with Gasteiger partial charge >= 0.3 is 0 Å². The minimum Gasteiger partial charge on any atom is -0.208 e. The van der Waals surface area contributed by atoms with Crippen LogP contribution in [0, 0.1) is 0 Å². The van der Waals surface area contributed by atoms with Gasteiger partial charge in [-0.1, -0.05) is 164 Å². The molecular weight excluding hydrogens is 651 g/mol. The molecule has 1 unspecified atom stereocenters. The Hall–Kier alpha value is -6.49. The summed E-state index contributed by atoms with van der Waals surface area (Å²) in [4.78, 5) is 16.4. The summed E-state index contributed by atoms with van der Waals surface area (Å²) in [6.45, 7) is 0. The molecule has 3 nitrogen and oxygen atoms in total. The van der Waals surface area contributed by atoms with Gasteiger partial charge in [0.1, 0.15) is 0 Å². The van der Waals surface area contributed by atoms with Gasteiger partial charge in [-0.05, 0) is 67.6 Å². The molecule has 0 N–H and O–H groups in total. The Bertz CT molecular complexity index is 2800. The molecule has 2 aliphatic rings. The van der Waals surface area contributed by atoms with Crippen LogP contribution >= 0.6 is 11.3 Å². The smallest absolute Gasteiger partial charge is 0.164 e. The molecule has 0 bridgehead atoms. The van der Waals surface area contributed by atoms with Gasteiger partial charge in [-0.25, -0.2) is 15.0 Å². The van der Waals surface area contributed by atoms with E-state index in [2.05, 4.69) is 115 Å². The molecule has 0 radical (unpaired) electrons. The number of hydrogen-bond acceptors (Lipinski definition) is 4. The largest absolute Gasteiger partial charge is 0.208 e. The topological polar surface area (TPSA) is 38.7 Å². The molecule has 11 rings (SSSR count). The first-order valence-electron chi connectivity index (χ1n) is 17.6. The maximum Gasteiger partial charge on any atom is 0.164 e. The minimum atomic E-state index is -0.408. The third-order valence-electron chi connectivity index (χ3n) is 10.7. The molecule has 2 aromatic heterocycles. The highest BCUT2D eigenvalue weighted by molar-refractivity contribution is 7.22. The first kappa shape index (κ1) is 29.3. The van der Waals surface area contributed by atoms with Crippen molar-refractivity contribution in [3.8, 4) is 66.9 Å². The predicted molar refractivity (Wildman–Crippen MR) is 213 cm³/mol. The average Bonchev–Trinajstić information content (AvgIpc) is 3.85. The zero-order valence-corrected chi connectivity index (χ0v) is 28.8. The van der Waals surface area contributed by atoms with Crippen LogP contribution in [0.5, 0.6) is 0 Å². The van der Waals surface area contributed by atoms with Crippen LogP contribution in [0.2, 0.25) is 0 Å². The first-order valence-corrected chi connectivity index (χ1v) is 18.4. The second-order valence-corrected chi connectivity index (χ2v) is 14.5. The maximum absolute atomic E-state index is 5.05. The van der Waals surface area contributed by atoms with Crippen molar-refractivity contribution in [3.05, 3.63) is 198 Å². The fourth-order valence-corrected chi connectivity index (χ4v) is 9.94. The first-order chi connectivity index (χ1) is 25.8. The number of nitrogens with zero attached hydrogens (tertiary/aromatic N) is 3. The fraction of sp³-hybridized carbons (Fsp3) is 0.0208.